The highest BCUT2D eigenvalue weighted by Gasteiger charge is 2.27. The van der Waals surface area contributed by atoms with Crippen LogP contribution >= 0.6 is 0 Å². The highest BCUT2D eigenvalue weighted by molar-refractivity contribution is 7.84. The number of carbonyl (C=O) groups excluding carboxylic acids is 1. The van der Waals surface area contributed by atoms with Crippen LogP contribution in [0.25, 0.3) is 0 Å². The number of urea groups is 1. The quantitative estimate of drug-likeness (QED) is 0.872. The van der Waals surface area contributed by atoms with E-state index in [1.165, 1.54) is 0 Å². The Balaban J connectivity index is 1.96. The van der Waals surface area contributed by atoms with E-state index in [-0.39, 0.29) is 11.9 Å². The smallest absolute Gasteiger partial charge is 0.321 e. The van der Waals surface area contributed by atoms with Crippen LogP contribution < -0.4 is 5.32 Å². The van der Waals surface area contributed by atoms with Gasteiger partial charge in [-0.3, -0.25) is 4.21 Å². The molecule has 1 fully saturated rings. The lowest BCUT2D eigenvalue weighted by molar-refractivity contribution is 0.0464. The molecule has 0 spiro atoms. The molecule has 5 nitrogen and oxygen atoms in total. The molecular formula is C14H20N2O3S. The molecule has 1 aliphatic rings. The van der Waals surface area contributed by atoms with Crippen molar-refractivity contribution in [3.05, 3.63) is 24.3 Å². The molecule has 1 aromatic rings. The SMILES string of the molecule is CC1CCN(C(=O)Nc2ccc(S(C)=O)cc2)CC1O. The highest BCUT2D eigenvalue weighted by Crippen LogP contribution is 2.18. The molecule has 2 N–H and O–H groups in total. The van der Waals surface area contributed by atoms with Gasteiger partial charge < -0.3 is 15.3 Å². The van der Waals surface area contributed by atoms with Crippen molar-refractivity contribution in [3.8, 4) is 0 Å². The molecule has 1 aromatic carbocycles. The third kappa shape index (κ3) is 3.58. The van der Waals surface area contributed by atoms with Gasteiger partial charge in [-0.05, 0) is 36.6 Å². The monoisotopic (exact) mass is 296 g/mol. The maximum absolute atomic E-state index is 12.1. The summed E-state index contributed by atoms with van der Waals surface area (Å²) in [6.45, 7) is 3.01. The van der Waals surface area contributed by atoms with Gasteiger partial charge in [-0.2, -0.15) is 0 Å². The molecule has 1 aliphatic heterocycles. The number of aliphatic hydroxyl groups is 1. The van der Waals surface area contributed by atoms with Crippen molar-refractivity contribution >= 4 is 22.5 Å². The lowest BCUT2D eigenvalue weighted by atomic mass is 9.96. The van der Waals surface area contributed by atoms with E-state index in [1.807, 2.05) is 6.92 Å². The molecular weight excluding hydrogens is 276 g/mol. The van der Waals surface area contributed by atoms with Gasteiger partial charge in [0.2, 0.25) is 0 Å². The molecule has 6 heteroatoms. The summed E-state index contributed by atoms with van der Waals surface area (Å²) in [5.74, 6) is 0.234. The van der Waals surface area contributed by atoms with Crippen LogP contribution in [0.5, 0.6) is 0 Å². The maximum Gasteiger partial charge on any atom is 0.321 e. The van der Waals surface area contributed by atoms with Crippen LogP contribution in [0, 0.1) is 5.92 Å². The number of β-amino-alcohol motifs (C(OH)–C–C–N with tert-alkyl or cyclic N) is 1. The molecule has 3 unspecified atom stereocenters. The van der Waals surface area contributed by atoms with Crippen LogP contribution in [0.1, 0.15) is 13.3 Å². The van der Waals surface area contributed by atoms with E-state index < -0.39 is 16.9 Å². The number of piperidine rings is 1. The van der Waals surface area contributed by atoms with Crippen LogP contribution in [0.15, 0.2) is 29.2 Å². The standard InChI is InChI=1S/C14H20N2O3S/c1-10-7-8-16(9-13(10)17)14(18)15-11-3-5-12(6-4-11)20(2)19/h3-6,10,13,17H,7-9H2,1-2H3,(H,15,18). The molecule has 2 amide bonds. The number of nitrogens with zero attached hydrogens (tertiary/aromatic N) is 1. The molecule has 20 heavy (non-hydrogen) atoms. The number of benzene rings is 1. The molecule has 0 bridgehead atoms. The summed E-state index contributed by atoms with van der Waals surface area (Å²) in [6.07, 6.45) is 1.96. The molecule has 2 rings (SSSR count). The zero-order valence-electron chi connectivity index (χ0n) is 11.7. The van der Waals surface area contributed by atoms with Crippen molar-refractivity contribution in [3.63, 3.8) is 0 Å². The van der Waals surface area contributed by atoms with Gasteiger partial charge in [-0.25, -0.2) is 4.79 Å². The van der Waals surface area contributed by atoms with E-state index in [0.29, 0.717) is 18.8 Å². The Hall–Kier alpha value is -1.40. The summed E-state index contributed by atoms with van der Waals surface area (Å²) in [5, 5.41) is 12.6. The van der Waals surface area contributed by atoms with Crippen molar-refractivity contribution in [2.75, 3.05) is 24.7 Å². The summed E-state index contributed by atoms with van der Waals surface area (Å²) in [7, 11) is -1.02. The lowest BCUT2D eigenvalue weighted by Gasteiger charge is -2.34. The minimum Gasteiger partial charge on any atom is -0.391 e. The molecule has 110 valence electrons. The van der Waals surface area contributed by atoms with Gasteiger partial charge >= 0.3 is 6.03 Å². The Kier molecular flexibility index (Phi) is 4.77. The Bertz CT molecular complexity index is 504. The minimum absolute atomic E-state index is 0.207. The van der Waals surface area contributed by atoms with Gasteiger partial charge in [0.05, 0.1) is 6.10 Å². The number of carbonyl (C=O) groups is 1. The second-order valence-corrected chi connectivity index (χ2v) is 6.57. The van der Waals surface area contributed by atoms with Crippen molar-refractivity contribution in [2.45, 2.75) is 24.3 Å². The summed E-state index contributed by atoms with van der Waals surface area (Å²) in [4.78, 5) is 14.4. The number of likely N-dealkylation sites (tertiary alicyclic amines) is 1. The Labute approximate surface area is 121 Å². The molecule has 3 atom stereocenters. The van der Waals surface area contributed by atoms with E-state index in [4.69, 9.17) is 0 Å². The van der Waals surface area contributed by atoms with Crippen molar-refractivity contribution in [1.29, 1.82) is 0 Å². The fourth-order valence-electron chi connectivity index (χ4n) is 2.17. The summed E-state index contributed by atoms with van der Waals surface area (Å²) in [5.41, 5.74) is 0.664. The summed E-state index contributed by atoms with van der Waals surface area (Å²) in [6, 6.07) is 6.73. The predicted molar refractivity (Wildman–Crippen MR) is 79.2 cm³/mol. The van der Waals surface area contributed by atoms with Gasteiger partial charge in [-0.15, -0.1) is 0 Å². The first-order chi connectivity index (χ1) is 9.47. The van der Waals surface area contributed by atoms with Gasteiger partial charge in [0, 0.05) is 40.7 Å². The number of rotatable bonds is 2. The summed E-state index contributed by atoms with van der Waals surface area (Å²) < 4.78 is 11.3. The third-order valence-electron chi connectivity index (χ3n) is 3.64. The van der Waals surface area contributed by atoms with Gasteiger partial charge in [0.15, 0.2) is 0 Å². The predicted octanol–water partition coefficient (Wildman–Crippen LogP) is 1.66. The van der Waals surface area contributed by atoms with Crippen LogP contribution in [-0.4, -0.2) is 45.7 Å². The van der Waals surface area contributed by atoms with E-state index in [0.717, 1.165) is 11.3 Å². The van der Waals surface area contributed by atoms with E-state index in [1.54, 1.807) is 35.4 Å². The molecule has 1 saturated heterocycles. The fourth-order valence-corrected chi connectivity index (χ4v) is 2.69. The van der Waals surface area contributed by atoms with Crippen LogP contribution in [-0.2, 0) is 10.8 Å². The van der Waals surface area contributed by atoms with Crippen molar-refractivity contribution in [1.82, 2.24) is 4.90 Å². The highest BCUT2D eigenvalue weighted by atomic mass is 32.2. The first kappa shape index (κ1) is 15.0. The number of anilines is 1. The van der Waals surface area contributed by atoms with Crippen LogP contribution in [0.4, 0.5) is 10.5 Å². The number of amides is 2. The second-order valence-electron chi connectivity index (χ2n) is 5.19. The normalized spacial score (nSPS) is 24.2. The first-order valence-corrected chi connectivity index (χ1v) is 8.20. The molecule has 0 radical (unpaired) electrons. The average molecular weight is 296 g/mol. The molecule has 1 heterocycles. The van der Waals surface area contributed by atoms with Crippen molar-refractivity contribution in [2.24, 2.45) is 5.92 Å². The number of nitrogens with one attached hydrogen (secondary N) is 1. The number of hydrogen-bond donors (Lipinski definition) is 2. The van der Waals surface area contributed by atoms with Crippen LogP contribution in [0.3, 0.4) is 0 Å². The number of aliphatic hydroxyl groups excluding tert-OH is 1. The zero-order valence-corrected chi connectivity index (χ0v) is 12.5. The summed E-state index contributed by atoms with van der Waals surface area (Å²) >= 11 is 0. The van der Waals surface area contributed by atoms with E-state index in [9.17, 15) is 14.1 Å². The Morgan fingerprint density at radius 1 is 1.40 bits per heavy atom. The maximum atomic E-state index is 12.1. The van der Waals surface area contributed by atoms with Crippen molar-refractivity contribution < 1.29 is 14.1 Å². The first-order valence-electron chi connectivity index (χ1n) is 6.65. The topological polar surface area (TPSA) is 69.6 Å². The third-order valence-corrected chi connectivity index (χ3v) is 4.58. The van der Waals surface area contributed by atoms with Gasteiger partial charge in [0.1, 0.15) is 0 Å². The van der Waals surface area contributed by atoms with Crippen LogP contribution in [0.2, 0.25) is 0 Å². The Morgan fingerprint density at radius 3 is 2.60 bits per heavy atom. The minimum atomic E-state index is -1.02. The lowest BCUT2D eigenvalue weighted by Crippen LogP contribution is -2.47. The molecule has 0 saturated carbocycles. The second kappa shape index (κ2) is 6.37. The molecule has 0 aromatic heterocycles. The zero-order chi connectivity index (χ0) is 14.7. The Morgan fingerprint density at radius 2 is 2.05 bits per heavy atom. The number of hydrogen-bond acceptors (Lipinski definition) is 3. The van der Waals surface area contributed by atoms with E-state index >= 15 is 0 Å². The van der Waals surface area contributed by atoms with E-state index in [2.05, 4.69) is 5.32 Å². The fraction of sp³-hybridized carbons (Fsp3) is 0.500. The largest absolute Gasteiger partial charge is 0.391 e. The van der Waals surface area contributed by atoms with Gasteiger partial charge in [-0.1, -0.05) is 6.92 Å². The van der Waals surface area contributed by atoms with Gasteiger partial charge in [0.25, 0.3) is 0 Å². The average Bonchev–Trinajstić information content (AvgIpc) is 2.42. The molecule has 0 aliphatic carbocycles.